The highest BCUT2D eigenvalue weighted by atomic mass is 16.3. The number of hydrogen-bond donors (Lipinski definition) is 0. The van der Waals surface area contributed by atoms with Gasteiger partial charge in [0.05, 0.1) is 39.6 Å². The number of nitriles is 2. The first-order valence-corrected chi connectivity index (χ1v) is 20.0. The van der Waals surface area contributed by atoms with Gasteiger partial charge in [-0.05, 0) is 96.4 Å². The number of aromatic nitrogens is 2. The molecule has 0 bridgehead atoms. The highest BCUT2D eigenvalue weighted by Gasteiger charge is 2.23. The van der Waals surface area contributed by atoms with Gasteiger partial charge in [0.2, 0.25) is 0 Å². The van der Waals surface area contributed by atoms with Crippen molar-refractivity contribution in [1.82, 2.24) is 9.13 Å². The molecule has 0 aliphatic heterocycles. The Kier molecular flexibility index (Phi) is 8.11. The summed E-state index contributed by atoms with van der Waals surface area (Å²) in [6.07, 6.45) is 9.75. The van der Waals surface area contributed by atoms with Crippen LogP contribution in [0, 0.1) is 22.7 Å². The molecule has 6 heteroatoms. The Morgan fingerprint density at radius 2 is 1.42 bits per heavy atom. The minimum Gasteiger partial charge on any atom is -0.456 e. The highest BCUT2D eigenvalue weighted by Crippen LogP contribution is 2.42. The zero-order chi connectivity index (χ0) is 40.3. The molecule has 0 saturated heterocycles. The van der Waals surface area contributed by atoms with E-state index in [-0.39, 0.29) is 0 Å². The summed E-state index contributed by atoms with van der Waals surface area (Å²) in [7, 11) is 0. The SMILES string of the molecule is C=C(/C(C#N)=C\C(=C\C#N)N(c1ccccc1)c1ccc2oc3ccccc3c2c1)n1c2ccc(-n3c4c(c5ccccc53)C=CCC4)cc2c2c3ccccc3ccc21. The molecule has 1 aliphatic carbocycles. The minimum atomic E-state index is 0.320. The van der Waals surface area contributed by atoms with Gasteiger partial charge in [-0.15, -0.1) is 0 Å². The predicted octanol–water partition coefficient (Wildman–Crippen LogP) is 13.9. The number of nitrogens with zero attached hydrogens (tertiary/aromatic N) is 5. The van der Waals surface area contributed by atoms with Crippen molar-refractivity contribution >= 4 is 88.6 Å². The standard InChI is InChI=1S/C54H35N5O/c1-35(37(34-56)31-41(29-30-55)58(38-14-3-2-4-15-38)39-25-28-53-46(32-39)45-19-9-12-22-52(45)60-53)57-50-27-24-40(33-47(50)54-42-16-6-5-13-36(42)23-26-51(54)57)59-48-20-10-7-17-43(48)44-18-8-11-21-49(44)59/h2-10,12-20,22-29,31-33H,1,11,21H2/b37-31-,41-29-. The molecule has 6 nitrogen and oxygen atoms in total. The fourth-order valence-electron chi connectivity index (χ4n) is 9.24. The topological polar surface area (TPSA) is 73.8 Å². The summed E-state index contributed by atoms with van der Waals surface area (Å²) >= 11 is 0. The number of anilines is 2. The number of rotatable bonds is 7. The largest absolute Gasteiger partial charge is 0.456 e. The molecule has 0 saturated carbocycles. The van der Waals surface area contributed by atoms with Gasteiger partial charge in [0.15, 0.2) is 0 Å². The van der Waals surface area contributed by atoms with E-state index in [1.807, 2.05) is 71.6 Å². The smallest absolute Gasteiger partial charge is 0.135 e. The van der Waals surface area contributed by atoms with E-state index in [1.54, 1.807) is 6.08 Å². The van der Waals surface area contributed by atoms with Crippen LogP contribution >= 0.6 is 0 Å². The van der Waals surface area contributed by atoms with Gasteiger partial charge in [-0.1, -0.05) is 104 Å². The molecular weight excluding hydrogens is 735 g/mol. The van der Waals surface area contributed by atoms with Gasteiger partial charge >= 0.3 is 0 Å². The molecule has 11 rings (SSSR count). The van der Waals surface area contributed by atoms with E-state index in [2.05, 4.69) is 125 Å². The molecule has 3 heterocycles. The van der Waals surface area contributed by atoms with Crippen molar-refractivity contribution < 1.29 is 4.42 Å². The van der Waals surface area contributed by atoms with Crippen LogP contribution in [0.2, 0.25) is 0 Å². The van der Waals surface area contributed by atoms with E-state index in [9.17, 15) is 10.5 Å². The lowest BCUT2D eigenvalue weighted by Crippen LogP contribution is -2.16. The van der Waals surface area contributed by atoms with Gasteiger partial charge in [-0.25, -0.2) is 0 Å². The lowest BCUT2D eigenvalue weighted by molar-refractivity contribution is 0.669. The third-order valence-corrected chi connectivity index (χ3v) is 11.8. The van der Waals surface area contributed by atoms with Gasteiger partial charge in [-0.3, -0.25) is 0 Å². The Hall–Kier alpha value is -8.32. The number of para-hydroxylation sites is 3. The number of fused-ring (bicyclic) bond motifs is 11. The molecule has 0 spiro atoms. The van der Waals surface area contributed by atoms with Crippen LogP contribution in [0.15, 0.2) is 192 Å². The minimum absolute atomic E-state index is 0.320. The third kappa shape index (κ3) is 5.40. The Balaban J connectivity index is 1.10. The van der Waals surface area contributed by atoms with Gasteiger partial charge in [0.1, 0.15) is 17.2 Å². The maximum atomic E-state index is 11.0. The van der Waals surface area contributed by atoms with E-state index in [0.29, 0.717) is 17.0 Å². The van der Waals surface area contributed by atoms with Crippen LogP contribution in [0.5, 0.6) is 0 Å². The highest BCUT2D eigenvalue weighted by molar-refractivity contribution is 6.22. The molecular formula is C54H35N5O. The summed E-state index contributed by atoms with van der Waals surface area (Å²) in [5, 5.41) is 28.9. The van der Waals surface area contributed by atoms with Crippen LogP contribution in [0.1, 0.15) is 17.7 Å². The maximum absolute atomic E-state index is 11.0. The Morgan fingerprint density at radius 1 is 0.667 bits per heavy atom. The van der Waals surface area contributed by atoms with Crippen LogP contribution in [0.25, 0.3) is 82.9 Å². The molecule has 0 N–H and O–H groups in total. The Bertz CT molecular complexity index is 3600. The van der Waals surface area contributed by atoms with Crippen molar-refractivity contribution in [2.45, 2.75) is 12.8 Å². The molecule has 0 radical (unpaired) electrons. The zero-order valence-electron chi connectivity index (χ0n) is 32.5. The van der Waals surface area contributed by atoms with Crippen molar-refractivity contribution in [1.29, 1.82) is 10.5 Å². The van der Waals surface area contributed by atoms with E-state index in [0.717, 1.165) is 84.4 Å². The van der Waals surface area contributed by atoms with Crippen LogP contribution in [-0.2, 0) is 6.42 Å². The van der Waals surface area contributed by atoms with Crippen molar-refractivity contribution in [2.24, 2.45) is 0 Å². The van der Waals surface area contributed by atoms with Gasteiger partial charge < -0.3 is 18.5 Å². The van der Waals surface area contributed by atoms with Crippen molar-refractivity contribution in [3.05, 3.63) is 199 Å². The predicted molar refractivity (Wildman–Crippen MR) is 246 cm³/mol. The zero-order valence-corrected chi connectivity index (χ0v) is 32.5. The number of allylic oxidation sites excluding steroid dienone is 5. The number of hydrogen-bond acceptors (Lipinski definition) is 4. The average Bonchev–Trinajstić information content (AvgIpc) is 3.96. The molecule has 282 valence electrons. The summed E-state index contributed by atoms with van der Waals surface area (Å²) in [5.74, 6) is 0. The number of benzene rings is 7. The fourth-order valence-corrected chi connectivity index (χ4v) is 9.24. The lowest BCUT2D eigenvalue weighted by atomic mass is 10.0. The first kappa shape index (κ1) is 34.9. The van der Waals surface area contributed by atoms with E-state index < -0.39 is 0 Å². The first-order chi connectivity index (χ1) is 29.6. The first-order valence-electron chi connectivity index (χ1n) is 20.0. The summed E-state index contributed by atoms with van der Waals surface area (Å²) in [4.78, 5) is 2.00. The molecule has 0 amide bonds. The molecule has 3 aromatic heterocycles. The second kappa shape index (κ2) is 14.0. The third-order valence-electron chi connectivity index (χ3n) is 11.8. The van der Waals surface area contributed by atoms with Crippen LogP contribution in [-0.4, -0.2) is 9.13 Å². The normalized spacial score (nSPS) is 13.0. The molecule has 0 atom stereocenters. The summed E-state index contributed by atoms with van der Waals surface area (Å²) in [5.41, 5.74) is 11.3. The molecule has 60 heavy (non-hydrogen) atoms. The molecule has 0 unspecified atom stereocenters. The maximum Gasteiger partial charge on any atom is 0.135 e. The van der Waals surface area contributed by atoms with E-state index in [4.69, 9.17) is 4.42 Å². The molecule has 0 fully saturated rings. The van der Waals surface area contributed by atoms with Crippen molar-refractivity contribution in [3.8, 4) is 17.8 Å². The lowest BCUT2D eigenvalue weighted by Gasteiger charge is -2.26. The average molecular weight is 770 g/mol. The van der Waals surface area contributed by atoms with Crippen molar-refractivity contribution in [2.75, 3.05) is 4.90 Å². The van der Waals surface area contributed by atoms with Crippen molar-refractivity contribution in [3.63, 3.8) is 0 Å². The van der Waals surface area contributed by atoms with Gasteiger partial charge in [0.25, 0.3) is 0 Å². The Labute approximate surface area is 345 Å². The molecule has 7 aromatic carbocycles. The van der Waals surface area contributed by atoms with Crippen LogP contribution in [0.4, 0.5) is 11.4 Å². The number of furan rings is 1. The summed E-state index contributed by atoms with van der Waals surface area (Å²) < 4.78 is 10.7. The monoisotopic (exact) mass is 769 g/mol. The summed E-state index contributed by atoms with van der Waals surface area (Å²) in [6.45, 7) is 4.62. The van der Waals surface area contributed by atoms with E-state index >= 15 is 0 Å². The van der Waals surface area contributed by atoms with E-state index in [1.165, 1.54) is 28.2 Å². The van der Waals surface area contributed by atoms with Crippen LogP contribution in [0.3, 0.4) is 0 Å². The van der Waals surface area contributed by atoms with Gasteiger partial charge in [0, 0.05) is 61.3 Å². The summed E-state index contributed by atoms with van der Waals surface area (Å²) in [6, 6.07) is 56.6. The second-order valence-electron chi connectivity index (χ2n) is 15.1. The van der Waals surface area contributed by atoms with Crippen LogP contribution < -0.4 is 4.90 Å². The quantitative estimate of drug-likeness (QED) is 0.119. The fraction of sp³-hybridized carbons (Fsp3) is 0.0370. The van der Waals surface area contributed by atoms with Gasteiger partial charge in [-0.2, -0.15) is 10.5 Å². The molecule has 10 aromatic rings. The second-order valence-corrected chi connectivity index (χ2v) is 15.1. The Morgan fingerprint density at radius 3 is 2.27 bits per heavy atom. The molecule has 1 aliphatic rings.